The van der Waals surface area contributed by atoms with E-state index < -0.39 is 0 Å². The predicted octanol–water partition coefficient (Wildman–Crippen LogP) is 1.46. The lowest BCUT2D eigenvalue weighted by Crippen LogP contribution is -2.39. The molecule has 1 amide bonds. The average molecular weight is 328 g/mol. The summed E-state index contributed by atoms with van der Waals surface area (Å²) in [4.78, 5) is 18.4. The second-order valence-electron chi connectivity index (χ2n) is 6.03. The number of hydrogen-bond donors (Lipinski definition) is 1. The fraction of sp³-hybridized carbons (Fsp3) is 0.500. The molecule has 8 heteroatoms. The lowest BCUT2D eigenvalue weighted by molar-refractivity contribution is -0.117. The maximum absolute atomic E-state index is 12.3. The largest absolute Gasteiger partial charge is 0.444 e. The van der Waals surface area contributed by atoms with E-state index in [0.717, 1.165) is 31.5 Å². The lowest BCUT2D eigenvalue weighted by atomic mass is 10.2. The van der Waals surface area contributed by atoms with Gasteiger partial charge in [-0.1, -0.05) is 0 Å². The number of aryl methyl sites for hydroxylation is 1. The predicted molar refractivity (Wildman–Crippen MR) is 86.1 cm³/mol. The highest BCUT2D eigenvalue weighted by Gasteiger charge is 2.27. The molecule has 1 aliphatic heterocycles. The average Bonchev–Trinajstić information content (AvgIpc) is 3.25. The third-order valence-electron chi connectivity index (χ3n) is 4.46. The smallest absolute Gasteiger partial charge is 0.240 e. The molecular weight excluding hydrogens is 308 g/mol. The molecule has 0 bridgehead atoms. The molecule has 1 atom stereocenters. The molecular formula is C16H20N6O2. The fourth-order valence-electron chi connectivity index (χ4n) is 3.05. The van der Waals surface area contributed by atoms with E-state index in [1.165, 1.54) is 6.33 Å². The number of furan rings is 1. The zero-order valence-corrected chi connectivity index (χ0v) is 13.8. The summed E-state index contributed by atoms with van der Waals surface area (Å²) in [6.45, 7) is 5.44. The van der Waals surface area contributed by atoms with Gasteiger partial charge in [0.2, 0.25) is 11.8 Å². The molecule has 0 aromatic carbocycles. The summed E-state index contributed by atoms with van der Waals surface area (Å²) in [6, 6.07) is 2.34. The van der Waals surface area contributed by atoms with Crippen molar-refractivity contribution in [2.75, 3.05) is 18.4 Å². The molecule has 0 spiro atoms. The second-order valence-corrected chi connectivity index (χ2v) is 6.03. The number of anilines is 1. The molecule has 1 aliphatic rings. The van der Waals surface area contributed by atoms with Crippen LogP contribution in [-0.4, -0.2) is 44.7 Å². The molecule has 2 aromatic heterocycles. The Morgan fingerprint density at radius 1 is 1.54 bits per heavy atom. The molecule has 1 fully saturated rings. The van der Waals surface area contributed by atoms with E-state index in [0.29, 0.717) is 11.3 Å². The van der Waals surface area contributed by atoms with E-state index in [1.807, 2.05) is 6.92 Å². The van der Waals surface area contributed by atoms with Gasteiger partial charge in [-0.2, -0.15) is 10.4 Å². The van der Waals surface area contributed by atoms with E-state index in [2.05, 4.69) is 26.4 Å². The van der Waals surface area contributed by atoms with Crippen LogP contribution in [0, 0.1) is 25.2 Å². The van der Waals surface area contributed by atoms with Gasteiger partial charge in [0.1, 0.15) is 30.0 Å². The van der Waals surface area contributed by atoms with Crippen molar-refractivity contribution in [3.8, 4) is 6.07 Å². The third-order valence-corrected chi connectivity index (χ3v) is 4.46. The fourth-order valence-corrected chi connectivity index (χ4v) is 3.05. The Kier molecular flexibility index (Phi) is 4.62. The first-order chi connectivity index (χ1) is 11.6. The Labute approximate surface area is 140 Å². The monoisotopic (exact) mass is 328 g/mol. The van der Waals surface area contributed by atoms with Gasteiger partial charge < -0.3 is 4.42 Å². The van der Waals surface area contributed by atoms with Crippen molar-refractivity contribution < 1.29 is 9.21 Å². The van der Waals surface area contributed by atoms with Gasteiger partial charge in [-0.15, -0.1) is 0 Å². The number of rotatable bonds is 5. The molecule has 8 nitrogen and oxygen atoms in total. The number of aromatic nitrogens is 3. The van der Waals surface area contributed by atoms with Crippen LogP contribution in [0.4, 0.5) is 5.88 Å². The van der Waals surface area contributed by atoms with Crippen LogP contribution in [0.2, 0.25) is 0 Å². The third kappa shape index (κ3) is 3.31. The molecule has 0 aliphatic carbocycles. The Balaban J connectivity index is 1.62. The zero-order valence-electron chi connectivity index (χ0n) is 13.8. The van der Waals surface area contributed by atoms with Gasteiger partial charge in [-0.25, -0.2) is 4.98 Å². The van der Waals surface area contributed by atoms with Crippen LogP contribution >= 0.6 is 0 Å². The van der Waals surface area contributed by atoms with E-state index in [-0.39, 0.29) is 24.4 Å². The van der Waals surface area contributed by atoms with E-state index in [4.69, 9.17) is 4.42 Å². The maximum Gasteiger partial charge on any atom is 0.240 e. The molecule has 0 unspecified atom stereocenters. The van der Waals surface area contributed by atoms with Crippen molar-refractivity contribution in [3.05, 3.63) is 29.5 Å². The van der Waals surface area contributed by atoms with Crippen LogP contribution in [-0.2, 0) is 11.3 Å². The van der Waals surface area contributed by atoms with Crippen molar-refractivity contribution >= 4 is 11.8 Å². The Morgan fingerprint density at radius 3 is 3.08 bits per heavy atom. The number of carbonyl (C=O) groups excluding carboxylic acids is 1. The maximum atomic E-state index is 12.3. The summed E-state index contributed by atoms with van der Waals surface area (Å²) in [7, 11) is 0. The first-order valence-corrected chi connectivity index (χ1v) is 7.95. The second kappa shape index (κ2) is 6.84. The van der Waals surface area contributed by atoms with Gasteiger partial charge in [0.25, 0.3) is 0 Å². The molecule has 24 heavy (non-hydrogen) atoms. The number of amides is 1. The molecule has 1 saturated heterocycles. The highest BCUT2D eigenvalue weighted by atomic mass is 16.4. The molecule has 3 heterocycles. The van der Waals surface area contributed by atoms with Crippen LogP contribution in [0.25, 0.3) is 0 Å². The van der Waals surface area contributed by atoms with E-state index in [9.17, 15) is 10.1 Å². The summed E-state index contributed by atoms with van der Waals surface area (Å²) < 4.78 is 7.27. The molecule has 3 rings (SSSR count). The van der Waals surface area contributed by atoms with Crippen LogP contribution < -0.4 is 5.32 Å². The highest BCUT2D eigenvalue weighted by Crippen LogP contribution is 2.25. The number of nitrogens with zero attached hydrogens (tertiary/aromatic N) is 5. The summed E-state index contributed by atoms with van der Waals surface area (Å²) in [5.74, 6) is 0.711. The molecule has 126 valence electrons. The molecule has 1 N–H and O–H groups in total. The number of carbonyl (C=O) groups is 1. The standard InChI is InChI=1S/C16H20N6O2/c1-11-12(2)24-16(14(11)6-17)20-15(23)8-21-5-3-4-13(21)7-22-10-18-9-19-22/h9-10,13H,3-5,7-8H2,1-2H3,(H,20,23)/t13-/m1/s1. The van der Waals surface area contributed by atoms with Crippen molar-refractivity contribution in [3.63, 3.8) is 0 Å². The van der Waals surface area contributed by atoms with Gasteiger partial charge in [0.05, 0.1) is 13.1 Å². The van der Waals surface area contributed by atoms with Crippen LogP contribution in [0.5, 0.6) is 0 Å². The molecule has 0 saturated carbocycles. The summed E-state index contributed by atoms with van der Waals surface area (Å²) in [5, 5.41) is 16.1. The number of nitriles is 1. The number of nitrogens with one attached hydrogen (secondary N) is 1. The SMILES string of the molecule is Cc1oc(NC(=O)CN2CCC[C@@H]2Cn2cncn2)c(C#N)c1C. The van der Waals surface area contributed by atoms with Crippen molar-refractivity contribution in [2.24, 2.45) is 0 Å². The van der Waals surface area contributed by atoms with Crippen LogP contribution in [0.1, 0.15) is 29.7 Å². The first kappa shape index (κ1) is 16.2. The number of hydrogen-bond acceptors (Lipinski definition) is 6. The van der Waals surface area contributed by atoms with E-state index in [1.54, 1.807) is 17.9 Å². The molecule has 0 radical (unpaired) electrons. The lowest BCUT2D eigenvalue weighted by Gasteiger charge is -2.23. The Hall–Kier alpha value is -2.66. The van der Waals surface area contributed by atoms with Gasteiger partial charge in [-0.3, -0.25) is 19.7 Å². The van der Waals surface area contributed by atoms with Crippen molar-refractivity contribution in [1.29, 1.82) is 5.26 Å². The zero-order chi connectivity index (χ0) is 17.1. The minimum atomic E-state index is -0.175. The van der Waals surface area contributed by atoms with Crippen molar-refractivity contribution in [1.82, 2.24) is 19.7 Å². The minimum Gasteiger partial charge on any atom is -0.444 e. The van der Waals surface area contributed by atoms with Gasteiger partial charge in [0, 0.05) is 11.6 Å². The van der Waals surface area contributed by atoms with Gasteiger partial charge in [0.15, 0.2) is 0 Å². The Bertz CT molecular complexity index is 758. The number of likely N-dealkylation sites (tertiary alicyclic amines) is 1. The summed E-state index contributed by atoms with van der Waals surface area (Å²) in [5.41, 5.74) is 1.15. The quantitative estimate of drug-likeness (QED) is 0.892. The van der Waals surface area contributed by atoms with Gasteiger partial charge >= 0.3 is 0 Å². The van der Waals surface area contributed by atoms with Crippen molar-refractivity contribution in [2.45, 2.75) is 39.3 Å². The summed E-state index contributed by atoms with van der Waals surface area (Å²) in [6.07, 6.45) is 5.27. The van der Waals surface area contributed by atoms with Gasteiger partial charge in [-0.05, 0) is 33.2 Å². The Morgan fingerprint density at radius 2 is 2.38 bits per heavy atom. The van der Waals surface area contributed by atoms with E-state index >= 15 is 0 Å². The first-order valence-electron chi connectivity index (χ1n) is 7.95. The topological polar surface area (TPSA) is 100.0 Å². The van der Waals surface area contributed by atoms with Crippen LogP contribution in [0.3, 0.4) is 0 Å². The minimum absolute atomic E-state index is 0.175. The normalized spacial score (nSPS) is 17.8. The summed E-state index contributed by atoms with van der Waals surface area (Å²) >= 11 is 0. The highest BCUT2D eigenvalue weighted by molar-refractivity contribution is 5.92. The van der Waals surface area contributed by atoms with Crippen LogP contribution in [0.15, 0.2) is 17.1 Å². The molecule has 2 aromatic rings.